The summed E-state index contributed by atoms with van der Waals surface area (Å²) < 4.78 is 0. The van der Waals surface area contributed by atoms with Crippen LogP contribution in [0.15, 0.2) is 34.6 Å². The van der Waals surface area contributed by atoms with E-state index in [1.807, 2.05) is 0 Å². The second kappa shape index (κ2) is 11.1. The van der Waals surface area contributed by atoms with E-state index in [2.05, 4.69) is 59.8 Å². The third-order valence-electron chi connectivity index (χ3n) is 3.74. The van der Waals surface area contributed by atoms with Gasteiger partial charge < -0.3 is 0 Å². The summed E-state index contributed by atoms with van der Waals surface area (Å²) in [6.45, 7) is 14.2. The van der Waals surface area contributed by atoms with Crippen LogP contribution in [0.2, 0.25) is 0 Å². The SMILES string of the molecule is CC/C=C(\CC)B(/C(=C/CC)CC)/C(=C/CC)CC. The molecule has 0 rings (SSSR count). The van der Waals surface area contributed by atoms with Crippen molar-refractivity contribution >= 4 is 6.71 Å². The molecule has 0 aliphatic carbocycles. The predicted molar refractivity (Wildman–Crippen MR) is 91.7 cm³/mol. The Morgan fingerprint density at radius 3 is 1.00 bits per heavy atom. The smallest absolute Gasteiger partial charge is 0.0956 e. The van der Waals surface area contributed by atoms with Gasteiger partial charge in [0.2, 0.25) is 6.71 Å². The number of hydrogen-bond donors (Lipinski definition) is 0. The highest BCUT2D eigenvalue weighted by Gasteiger charge is 2.24. The third kappa shape index (κ3) is 5.84. The van der Waals surface area contributed by atoms with Gasteiger partial charge in [0.25, 0.3) is 0 Å². The molecule has 0 N–H and O–H groups in total. The summed E-state index contributed by atoms with van der Waals surface area (Å²) in [4.78, 5) is 0. The van der Waals surface area contributed by atoms with Crippen LogP contribution in [0.1, 0.15) is 80.1 Å². The minimum atomic E-state index is 0.569. The normalized spacial score (nSPS) is 13.9. The molecule has 108 valence electrons. The van der Waals surface area contributed by atoms with Gasteiger partial charge in [-0.1, -0.05) is 76.2 Å². The van der Waals surface area contributed by atoms with E-state index in [-0.39, 0.29) is 0 Å². The van der Waals surface area contributed by atoms with Gasteiger partial charge in [0, 0.05) is 0 Å². The van der Waals surface area contributed by atoms with E-state index in [1.54, 1.807) is 16.4 Å². The van der Waals surface area contributed by atoms with Crippen molar-refractivity contribution in [2.24, 2.45) is 0 Å². The third-order valence-corrected chi connectivity index (χ3v) is 3.74. The molecule has 0 saturated carbocycles. The van der Waals surface area contributed by atoms with Gasteiger partial charge in [-0.2, -0.15) is 0 Å². The van der Waals surface area contributed by atoms with Gasteiger partial charge in [-0.3, -0.25) is 0 Å². The summed E-state index contributed by atoms with van der Waals surface area (Å²) in [5.41, 5.74) is 4.85. The molecule has 0 unspecified atom stereocenters. The summed E-state index contributed by atoms with van der Waals surface area (Å²) in [6, 6.07) is 0. The van der Waals surface area contributed by atoms with Crippen molar-refractivity contribution < 1.29 is 0 Å². The molecule has 0 heterocycles. The minimum Gasteiger partial charge on any atom is -0.0956 e. The van der Waals surface area contributed by atoms with Crippen LogP contribution in [0, 0.1) is 0 Å². The van der Waals surface area contributed by atoms with Crippen LogP contribution < -0.4 is 0 Å². The molecule has 0 aliphatic heterocycles. The second-order valence-electron chi connectivity index (χ2n) is 5.06. The highest BCUT2D eigenvalue weighted by Crippen LogP contribution is 2.26. The standard InChI is InChI=1S/C18H33B/c1-7-13-16(10-4)19(17(11-5)14-8-2)18(12-6)15-9-3/h13-15H,7-12H2,1-6H3/b16-13+,17-14+,18-15+. The van der Waals surface area contributed by atoms with E-state index >= 15 is 0 Å². The van der Waals surface area contributed by atoms with E-state index in [9.17, 15) is 0 Å². The number of allylic oxidation sites excluding steroid dienone is 6. The molecule has 19 heavy (non-hydrogen) atoms. The van der Waals surface area contributed by atoms with Gasteiger partial charge in [-0.15, -0.1) is 0 Å². The first-order valence-corrected chi connectivity index (χ1v) is 8.26. The monoisotopic (exact) mass is 260 g/mol. The van der Waals surface area contributed by atoms with Crippen LogP contribution in [0.25, 0.3) is 0 Å². The molecular formula is C18H33B. The lowest BCUT2D eigenvalue weighted by Crippen LogP contribution is -2.24. The van der Waals surface area contributed by atoms with Crippen molar-refractivity contribution in [1.29, 1.82) is 0 Å². The Morgan fingerprint density at radius 1 is 0.579 bits per heavy atom. The summed E-state index contributed by atoms with van der Waals surface area (Å²) >= 11 is 0. The van der Waals surface area contributed by atoms with E-state index < -0.39 is 0 Å². The van der Waals surface area contributed by atoms with Crippen LogP contribution in [-0.2, 0) is 0 Å². The molecule has 0 fully saturated rings. The Bertz CT molecular complexity index is 268. The fourth-order valence-corrected chi connectivity index (χ4v) is 2.90. The Hall–Kier alpha value is -0.715. The maximum Gasteiger partial charge on any atom is 0.227 e. The zero-order chi connectivity index (χ0) is 14.7. The molecule has 0 radical (unpaired) electrons. The highest BCUT2D eigenvalue weighted by molar-refractivity contribution is 6.80. The molecule has 0 aromatic heterocycles. The van der Waals surface area contributed by atoms with Gasteiger partial charge >= 0.3 is 0 Å². The molecule has 0 aromatic carbocycles. The lowest BCUT2D eigenvalue weighted by molar-refractivity contribution is 1.07. The van der Waals surface area contributed by atoms with Crippen LogP contribution >= 0.6 is 0 Å². The van der Waals surface area contributed by atoms with E-state index in [1.165, 1.54) is 19.3 Å². The second-order valence-corrected chi connectivity index (χ2v) is 5.06. The minimum absolute atomic E-state index is 0.569. The topological polar surface area (TPSA) is 0 Å². The molecule has 0 spiro atoms. The van der Waals surface area contributed by atoms with Gasteiger partial charge in [0.05, 0.1) is 0 Å². The van der Waals surface area contributed by atoms with Gasteiger partial charge in [0.15, 0.2) is 0 Å². The van der Waals surface area contributed by atoms with Gasteiger partial charge in [-0.05, 0) is 38.5 Å². The fraction of sp³-hybridized carbons (Fsp3) is 0.667. The molecule has 0 saturated heterocycles. The predicted octanol–water partition coefficient (Wildman–Crippen LogP) is 6.34. The zero-order valence-corrected chi connectivity index (χ0v) is 14.1. The lowest BCUT2D eigenvalue weighted by Gasteiger charge is -2.22. The van der Waals surface area contributed by atoms with Crippen LogP contribution in [0.4, 0.5) is 0 Å². The molecule has 1 heteroatoms. The Balaban J connectivity index is 5.64. The molecular weight excluding hydrogens is 227 g/mol. The first-order valence-electron chi connectivity index (χ1n) is 8.26. The quantitative estimate of drug-likeness (QED) is 0.424. The maximum atomic E-state index is 2.45. The van der Waals surface area contributed by atoms with Gasteiger partial charge in [-0.25, -0.2) is 0 Å². The Morgan fingerprint density at radius 2 is 0.842 bits per heavy atom. The zero-order valence-electron chi connectivity index (χ0n) is 14.1. The average Bonchev–Trinajstić information content (AvgIpc) is 2.43. The Kier molecular flexibility index (Phi) is 10.7. The summed E-state index contributed by atoms with van der Waals surface area (Å²) in [5, 5.41) is 0. The molecule has 0 aliphatic rings. The van der Waals surface area contributed by atoms with Crippen LogP contribution in [-0.4, -0.2) is 6.71 Å². The molecule has 0 bridgehead atoms. The van der Waals surface area contributed by atoms with Crippen molar-refractivity contribution in [3.63, 3.8) is 0 Å². The highest BCUT2D eigenvalue weighted by atomic mass is 14.0. The van der Waals surface area contributed by atoms with Crippen molar-refractivity contribution in [2.75, 3.05) is 0 Å². The van der Waals surface area contributed by atoms with E-state index in [0.29, 0.717) is 6.71 Å². The summed E-state index contributed by atoms with van der Waals surface area (Å²) in [6.07, 6.45) is 14.3. The molecule has 0 atom stereocenters. The molecule has 0 amide bonds. The van der Waals surface area contributed by atoms with Crippen LogP contribution in [0.5, 0.6) is 0 Å². The lowest BCUT2D eigenvalue weighted by atomic mass is 9.33. The number of rotatable bonds is 9. The maximum absolute atomic E-state index is 2.45. The number of hydrogen-bond acceptors (Lipinski definition) is 0. The Labute approximate surface area is 122 Å². The summed E-state index contributed by atoms with van der Waals surface area (Å²) in [5.74, 6) is 0. The fourth-order valence-electron chi connectivity index (χ4n) is 2.90. The van der Waals surface area contributed by atoms with Crippen LogP contribution in [0.3, 0.4) is 0 Å². The van der Waals surface area contributed by atoms with Crippen molar-refractivity contribution in [3.05, 3.63) is 34.6 Å². The van der Waals surface area contributed by atoms with Crippen molar-refractivity contribution in [2.45, 2.75) is 80.1 Å². The largest absolute Gasteiger partial charge is 0.227 e. The van der Waals surface area contributed by atoms with Gasteiger partial charge in [0.1, 0.15) is 0 Å². The van der Waals surface area contributed by atoms with E-state index in [4.69, 9.17) is 0 Å². The summed E-state index contributed by atoms with van der Waals surface area (Å²) in [7, 11) is 0. The first kappa shape index (κ1) is 18.3. The van der Waals surface area contributed by atoms with E-state index in [0.717, 1.165) is 19.3 Å². The average molecular weight is 260 g/mol. The van der Waals surface area contributed by atoms with Crippen molar-refractivity contribution in [1.82, 2.24) is 0 Å². The first-order chi connectivity index (χ1) is 9.19. The molecule has 0 nitrogen and oxygen atoms in total. The van der Waals surface area contributed by atoms with Crippen molar-refractivity contribution in [3.8, 4) is 0 Å². The molecule has 0 aromatic rings.